The predicted molar refractivity (Wildman–Crippen MR) is 53.7 cm³/mol. The Kier molecular flexibility index (Phi) is 4.44. The molecule has 0 aromatic heterocycles. The monoisotopic (exact) mass is 196 g/mol. The quantitative estimate of drug-likeness (QED) is 0.598. The molecule has 0 bridgehead atoms. The van der Waals surface area contributed by atoms with Crippen LogP contribution in [0.4, 0.5) is 0 Å². The van der Waals surface area contributed by atoms with Gasteiger partial charge >= 0.3 is 0 Å². The van der Waals surface area contributed by atoms with Crippen molar-refractivity contribution in [2.24, 2.45) is 0 Å². The normalized spacial score (nSPS) is 23.6. The van der Waals surface area contributed by atoms with E-state index in [-0.39, 0.29) is 18.1 Å². The summed E-state index contributed by atoms with van der Waals surface area (Å²) in [7, 11) is 0. The zero-order chi connectivity index (χ0) is 10.4. The maximum absolute atomic E-state index is 11.4. The van der Waals surface area contributed by atoms with Gasteiger partial charge < -0.3 is 15.4 Å². The molecule has 0 aromatic rings. The Hall–Kier alpha value is -1.05. The highest BCUT2D eigenvalue weighted by Gasteiger charge is 2.17. The van der Waals surface area contributed by atoms with Crippen LogP contribution in [-0.4, -0.2) is 37.7 Å². The average molecular weight is 196 g/mol. The van der Waals surface area contributed by atoms with Crippen molar-refractivity contribution >= 4 is 5.91 Å². The second kappa shape index (κ2) is 5.63. The number of nitrogens with one attached hydrogen (secondary N) is 2. The number of morpholine rings is 1. The molecule has 78 valence electrons. The van der Waals surface area contributed by atoms with E-state index in [9.17, 15) is 4.79 Å². The molecule has 2 N–H and O–H groups in total. The lowest BCUT2D eigenvalue weighted by molar-refractivity contribution is -0.124. The van der Waals surface area contributed by atoms with E-state index in [1.54, 1.807) is 6.92 Å². The van der Waals surface area contributed by atoms with Gasteiger partial charge in [0.2, 0.25) is 5.91 Å². The van der Waals surface area contributed by atoms with Crippen molar-refractivity contribution in [3.63, 3.8) is 0 Å². The lowest BCUT2D eigenvalue weighted by atomic mass is 10.2. The van der Waals surface area contributed by atoms with E-state index in [1.165, 1.54) is 0 Å². The van der Waals surface area contributed by atoms with Crippen molar-refractivity contribution in [2.75, 3.05) is 19.7 Å². The Morgan fingerprint density at radius 3 is 3.21 bits per heavy atom. The van der Waals surface area contributed by atoms with Crippen molar-refractivity contribution in [3.8, 4) is 12.3 Å². The molecular weight excluding hydrogens is 180 g/mol. The SMILES string of the molecule is C#CC(C)NC(=O)CC1CNCCO1. The molecule has 0 saturated carbocycles. The summed E-state index contributed by atoms with van der Waals surface area (Å²) in [6.07, 6.45) is 5.50. The third kappa shape index (κ3) is 3.77. The van der Waals surface area contributed by atoms with Gasteiger partial charge in [0, 0.05) is 13.1 Å². The van der Waals surface area contributed by atoms with Crippen molar-refractivity contribution in [3.05, 3.63) is 0 Å². The third-order valence-corrected chi connectivity index (χ3v) is 2.04. The molecule has 0 aliphatic carbocycles. The largest absolute Gasteiger partial charge is 0.375 e. The van der Waals surface area contributed by atoms with E-state index >= 15 is 0 Å². The molecule has 0 spiro atoms. The van der Waals surface area contributed by atoms with Gasteiger partial charge in [-0.2, -0.15) is 0 Å². The molecule has 2 atom stereocenters. The smallest absolute Gasteiger partial charge is 0.223 e. The van der Waals surface area contributed by atoms with E-state index < -0.39 is 0 Å². The molecule has 1 aliphatic heterocycles. The summed E-state index contributed by atoms with van der Waals surface area (Å²) in [5.74, 6) is 2.39. The zero-order valence-corrected chi connectivity index (χ0v) is 8.38. The van der Waals surface area contributed by atoms with Gasteiger partial charge in [-0.25, -0.2) is 0 Å². The van der Waals surface area contributed by atoms with Crippen molar-refractivity contribution in [1.29, 1.82) is 0 Å². The minimum atomic E-state index is -0.209. The van der Waals surface area contributed by atoms with E-state index in [0.29, 0.717) is 13.0 Å². The summed E-state index contributed by atoms with van der Waals surface area (Å²) in [5, 5.41) is 5.86. The Balaban J connectivity index is 2.22. The summed E-state index contributed by atoms with van der Waals surface area (Å²) in [6, 6.07) is -0.209. The number of hydrogen-bond acceptors (Lipinski definition) is 3. The molecule has 14 heavy (non-hydrogen) atoms. The Morgan fingerprint density at radius 1 is 1.86 bits per heavy atom. The van der Waals surface area contributed by atoms with Crippen LogP contribution in [0.15, 0.2) is 0 Å². The van der Waals surface area contributed by atoms with Crippen LogP contribution in [0.25, 0.3) is 0 Å². The molecular formula is C10H16N2O2. The second-order valence-electron chi connectivity index (χ2n) is 3.36. The molecule has 0 radical (unpaired) electrons. The van der Waals surface area contributed by atoms with E-state index in [2.05, 4.69) is 16.6 Å². The second-order valence-corrected chi connectivity index (χ2v) is 3.36. The fourth-order valence-corrected chi connectivity index (χ4v) is 1.30. The van der Waals surface area contributed by atoms with Crippen LogP contribution in [0.1, 0.15) is 13.3 Å². The van der Waals surface area contributed by atoms with E-state index in [0.717, 1.165) is 13.1 Å². The van der Waals surface area contributed by atoms with Gasteiger partial charge in [0.1, 0.15) is 0 Å². The standard InChI is InChI=1S/C10H16N2O2/c1-3-8(2)12-10(13)6-9-7-11-4-5-14-9/h1,8-9,11H,4-7H2,2H3,(H,12,13). The topological polar surface area (TPSA) is 50.4 Å². The Morgan fingerprint density at radius 2 is 2.64 bits per heavy atom. The highest BCUT2D eigenvalue weighted by molar-refractivity contribution is 5.77. The summed E-state index contributed by atoms with van der Waals surface area (Å²) in [6.45, 7) is 4.04. The molecule has 1 rings (SSSR count). The maximum Gasteiger partial charge on any atom is 0.223 e. The van der Waals surface area contributed by atoms with Crippen LogP contribution in [0.2, 0.25) is 0 Å². The van der Waals surface area contributed by atoms with E-state index in [1.807, 2.05) is 0 Å². The van der Waals surface area contributed by atoms with E-state index in [4.69, 9.17) is 11.2 Å². The van der Waals surface area contributed by atoms with Gasteiger partial charge in [-0.3, -0.25) is 4.79 Å². The molecule has 1 saturated heterocycles. The molecule has 4 heteroatoms. The minimum absolute atomic E-state index is 0.0197. The lowest BCUT2D eigenvalue weighted by Gasteiger charge is -2.23. The molecule has 4 nitrogen and oxygen atoms in total. The maximum atomic E-state index is 11.4. The van der Waals surface area contributed by atoms with Crippen LogP contribution in [-0.2, 0) is 9.53 Å². The van der Waals surface area contributed by atoms with Crippen LogP contribution < -0.4 is 10.6 Å². The van der Waals surface area contributed by atoms with Gasteiger partial charge in [0.05, 0.1) is 25.2 Å². The van der Waals surface area contributed by atoms with Crippen LogP contribution in [0, 0.1) is 12.3 Å². The lowest BCUT2D eigenvalue weighted by Crippen LogP contribution is -2.42. The van der Waals surface area contributed by atoms with Crippen molar-refractivity contribution < 1.29 is 9.53 Å². The first-order chi connectivity index (χ1) is 6.72. The summed E-state index contributed by atoms with van der Waals surface area (Å²) in [5.41, 5.74) is 0. The van der Waals surface area contributed by atoms with Gasteiger partial charge in [-0.1, -0.05) is 5.92 Å². The highest BCUT2D eigenvalue weighted by atomic mass is 16.5. The number of terminal acetylenes is 1. The number of rotatable bonds is 3. The molecule has 1 amide bonds. The number of hydrogen-bond donors (Lipinski definition) is 2. The molecule has 1 fully saturated rings. The zero-order valence-electron chi connectivity index (χ0n) is 8.38. The van der Waals surface area contributed by atoms with Gasteiger partial charge in [0.15, 0.2) is 0 Å². The summed E-state index contributed by atoms with van der Waals surface area (Å²) < 4.78 is 5.39. The third-order valence-electron chi connectivity index (χ3n) is 2.04. The van der Waals surface area contributed by atoms with Gasteiger partial charge in [-0.05, 0) is 6.92 Å². The number of carbonyl (C=O) groups excluding carboxylic acids is 1. The predicted octanol–water partition coefficient (Wildman–Crippen LogP) is -0.497. The van der Waals surface area contributed by atoms with Crippen LogP contribution in [0.5, 0.6) is 0 Å². The molecule has 1 heterocycles. The van der Waals surface area contributed by atoms with Crippen molar-refractivity contribution in [2.45, 2.75) is 25.5 Å². The Bertz CT molecular complexity index is 229. The first-order valence-electron chi connectivity index (χ1n) is 4.80. The number of amides is 1. The number of carbonyl (C=O) groups is 1. The molecule has 0 aromatic carbocycles. The van der Waals surface area contributed by atoms with Gasteiger partial charge in [-0.15, -0.1) is 6.42 Å². The Labute approximate surface area is 84.4 Å². The van der Waals surface area contributed by atoms with Crippen molar-refractivity contribution in [1.82, 2.24) is 10.6 Å². The molecule has 2 unspecified atom stereocenters. The molecule has 1 aliphatic rings. The summed E-state index contributed by atoms with van der Waals surface area (Å²) in [4.78, 5) is 11.4. The fraction of sp³-hybridized carbons (Fsp3) is 0.700. The fourth-order valence-electron chi connectivity index (χ4n) is 1.30. The van der Waals surface area contributed by atoms with Gasteiger partial charge in [0.25, 0.3) is 0 Å². The first kappa shape index (κ1) is 11.0. The van der Waals surface area contributed by atoms with Crippen LogP contribution in [0.3, 0.4) is 0 Å². The minimum Gasteiger partial charge on any atom is -0.375 e. The van der Waals surface area contributed by atoms with Crippen LogP contribution >= 0.6 is 0 Å². The number of ether oxygens (including phenoxy) is 1. The summed E-state index contributed by atoms with van der Waals surface area (Å²) >= 11 is 0. The average Bonchev–Trinajstić information content (AvgIpc) is 2.19. The first-order valence-corrected chi connectivity index (χ1v) is 4.80. The highest BCUT2D eigenvalue weighted by Crippen LogP contribution is 2.01.